The SMILES string of the molecule is CCCOCCn1c(=O)c2c(nc(Oc3ccc(Cl)c(C(F)(F)F)c3)n2Cc2ccc(Cl)cc2)n(C)c1=O.Cn1c(=O)n(CCOCCO)c(=O)c2c1nc(Oc1ccc(Cl)c(C(F)(F)F)c1)n2Cc1ccc(Cl)cc1. The van der Waals surface area contributed by atoms with Gasteiger partial charge in [-0.2, -0.15) is 36.3 Å². The zero-order chi connectivity index (χ0) is 55.2. The quantitative estimate of drug-likeness (QED) is 0.0639. The minimum absolute atomic E-state index is 0.00981. The zero-order valence-corrected chi connectivity index (χ0v) is 43.2. The van der Waals surface area contributed by atoms with E-state index in [0.717, 1.165) is 44.4 Å². The van der Waals surface area contributed by atoms with Crippen molar-refractivity contribution in [2.45, 2.75) is 51.9 Å². The highest BCUT2D eigenvalue weighted by Crippen LogP contribution is 2.39. The van der Waals surface area contributed by atoms with Crippen LogP contribution < -0.4 is 32.0 Å². The smallest absolute Gasteiger partial charge is 0.417 e. The minimum atomic E-state index is -4.73. The average Bonchev–Trinajstić information content (AvgIpc) is 3.91. The number of rotatable bonds is 18. The number of aliphatic hydroxyl groups is 1. The van der Waals surface area contributed by atoms with Crippen LogP contribution in [-0.2, 0) is 62.1 Å². The van der Waals surface area contributed by atoms with Gasteiger partial charge in [-0.05, 0) is 78.2 Å². The van der Waals surface area contributed by atoms with Gasteiger partial charge in [0.25, 0.3) is 11.1 Å². The predicted molar refractivity (Wildman–Crippen MR) is 272 cm³/mol. The van der Waals surface area contributed by atoms with E-state index < -0.39 is 56.0 Å². The van der Waals surface area contributed by atoms with Gasteiger partial charge in [0, 0.05) is 30.7 Å². The van der Waals surface area contributed by atoms with E-state index >= 15 is 0 Å². The molecule has 4 aromatic carbocycles. The molecular weight excluding hydrogens is 1100 g/mol. The van der Waals surface area contributed by atoms with Crippen molar-refractivity contribution in [3.8, 4) is 23.5 Å². The number of alkyl halides is 6. The van der Waals surface area contributed by atoms with Crippen molar-refractivity contribution in [2.75, 3.05) is 33.0 Å². The van der Waals surface area contributed by atoms with Crippen LogP contribution in [0.3, 0.4) is 0 Å². The fraction of sp³-hybridized carbons (Fsp3) is 0.306. The number of aliphatic hydroxyl groups excluding tert-OH is 1. The minimum Gasteiger partial charge on any atom is -0.425 e. The first-order valence-electron chi connectivity index (χ1n) is 22.8. The van der Waals surface area contributed by atoms with Gasteiger partial charge < -0.3 is 24.1 Å². The maximum absolute atomic E-state index is 13.5. The molecule has 0 radical (unpaired) electrons. The number of imidazole rings is 2. The Morgan fingerprint density at radius 2 is 0.921 bits per heavy atom. The topological polar surface area (TPSA) is 181 Å². The Kier molecular flexibility index (Phi) is 18.2. The molecule has 0 fully saturated rings. The first kappa shape index (κ1) is 57.1. The summed E-state index contributed by atoms with van der Waals surface area (Å²) in [7, 11) is 2.85. The van der Waals surface area contributed by atoms with Crippen LogP contribution in [0.15, 0.2) is 104 Å². The standard InChI is InChI=1S/C25H23Cl2F3N4O4.C24H21Cl2F3N4O5/c1-3-11-37-12-10-33-22(35)20-21(32(2)24(33)36)31-23(34(20)14-15-4-6-16(26)7-5-15)38-17-8-9-19(27)18(13-17)25(28,29)30;1-31-20-19(21(35)32(23(31)36)8-10-37-11-9-34)33(13-14-2-4-15(25)5-3-14)22(30-20)38-16-6-7-18(26)17(12-16)24(27,28)29/h4-9,13H,3,10-12,14H2,1-2H3;2-7,12,34H,8-11,13H2,1H3. The summed E-state index contributed by atoms with van der Waals surface area (Å²) in [6.07, 6.45) is -8.66. The number of fused-ring (bicyclic) bond motifs is 2. The van der Waals surface area contributed by atoms with Crippen molar-refractivity contribution in [2.24, 2.45) is 14.1 Å². The summed E-state index contributed by atoms with van der Waals surface area (Å²) in [5, 5.41) is 8.87. The number of aromatic nitrogens is 8. The van der Waals surface area contributed by atoms with Gasteiger partial charge in [0.1, 0.15) is 11.5 Å². The second kappa shape index (κ2) is 24.2. The Balaban J connectivity index is 0.000000221. The molecule has 17 nitrogen and oxygen atoms in total. The molecule has 27 heteroatoms. The Bertz CT molecular complexity index is 3390. The van der Waals surface area contributed by atoms with Gasteiger partial charge in [-0.25, -0.2) is 9.59 Å². The van der Waals surface area contributed by atoms with Crippen LogP contribution in [0.25, 0.3) is 22.3 Å². The number of aryl methyl sites for hydroxylation is 2. The van der Waals surface area contributed by atoms with Gasteiger partial charge in [0.15, 0.2) is 22.3 Å². The molecule has 0 saturated carbocycles. The van der Waals surface area contributed by atoms with Crippen molar-refractivity contribution >= 4 is 68.7 Å². The molecule has 1 N–H and O–H groups in total. The maximum Gasteiger partial charge on any atom is 0.417 e. The summed E-state index contributed by atoms with van der Waals surface area (Å²) in [6.45, 7) is 2.35. The molecule has 0 saturated heterocycles. The van der Waals surface area contributed by atoms with Crippen molar-refractivity contribution in [1.82, 2.24) is 37.4 Å². The summed E-state index contributed by atoms with van der Waals surface area (Å²) < 4.78 is 110. The largest absolute Gasteiger partial charge is 0.425 e. The Hall–Kier alpha value is -6.60. The molecule has 404 valence electrons. The van der Waals surface area contributed by atoms with Crippen LogP contribution in [0.5, 0.6) is 23.5 Å². The zero-order valence-electron chi connectivity index (χ0n) is 40.2. The van der Waals surface area contributed by atoms with Crippen LogP contribution in [0.2, 0.25) is 20.1 Å². The van der Waals surface area contributed by atoms with E-state index in [1.807, 2.05) is 6.92 Å². The van der Waals surface area contributed by atoms with Crippen LogP contribution >= 0.6 is 46.4 Å². The fourth-order valence-corrected chi connectivity index (χ4v) is 8.30. The lowest BCUT2D eigenvalue weighted by Gasteiger charge is -2.13. The molecule has 8 aromatic rings. The number of hydrogen-bond donors (Lipinski definition) is 1. The molecule has 0 aliphatic heterocycles. The van der Waals surface area contributed by atoms with Crippen LogP contribution in [0.1, 0.15) is 35.6 Å². The van der Waals surface area contributed by atoms with Gasteiger partial charge in [-0.1, -0.05) is 77.6 Å². The Morgan fingerprint density at radius 1 is 0.539 bits per heavy atom. The predicted octanol–water partition coefficient (Wildman–Crippen LogP) is 9.56. The van der Waals surface area contributed by atoms with E-state index in [1.165, 1.54) is 39.9 Å². The van der Waals surface area contributed by atoms with Gasteiger partial charge in [-0.15, -0.1) is 0 Å². The number of ether oxygens (including phenoxy) is 4. The lowest BCUT2D eigenvalue weighted by atomic mass is 10.2. The molecule has 0 aliphatic rings. The van der Waals surface area contributed by atoms with Crippen molar-refractivity contribution in [1.29, 1.82) is 0 Å². The Labute approximate surface area is 446 Å². The summed E-state index contributed by atoms with van der Waals surface area (Å²) in [5.74, 6) is -0.426. The van der Waals surface area contributed by atoms with Gasteiger partial charge >= 0.3 is 35.8 Å². The Morgan fingerprint density at radius 3 is 1.28 bits per heavy atom. The molecule has 0 atom stereocenters. The van der Waals surface area contributed by atoms with E-state index in [0.29, 0.717) is 27.8 Å². The molecule has 0 aliphatic carbocycles. The van der Waals surface area contributed by atoms with Gasteiger partial charge in [-0.3, -0.25) is 37.0 Å². The lowest BCUT2D eigenvalue weighted by Crippen LogP contribution is -2.40. The second-order valence-electron chi connectivity index (χ2n) is 16.6. The summed E-state index contributed by atoms with van der Waals surface area (Å²) in [6, 6.07) is 19.1. The summed E-state index contributed by atoms with van der Waals surface area (Å²) in [5.41, 5.74) is -3.41. The van der Waals surface area contributed by atoms with Crippen LogP contribution in [-0.4, -0.2) is 75.5 Å². The molecule has 0 spiro atoms. The lowest BCUT2D eigenvalue weighted by molar-refractivity contribution is -0.138. The normalized spacial score (nSPS) is 11.9. The number of hydrogen-bond acceptors (Lipinski definition) is 11. The monoisotopic (exact) mass is 1140 g/mol. The highest BCUT2D eigenvalue weighted by molar-refractivity contribution is 6.32. The van der Waals surface area contributed by atoms with Crippen LogP contribution in [0, 0.1) is 0 Å². The molecule has 0 bridgehead atoms. The third-order valence-corrected chi connectivity index (χ3v) is 12.5. The number of halogens is 10. The average molecular weight is 1140 g/mol. The van der Waals surface area contributed by atoms with Gasteiger partial charge in [0.05, 0.1) is 73.8 Å². The molecular formula is C49H44Cl4F6N8O9. The second-order valence-corrected chi connectivity index (χ2v) is 18.3. The third kappa shape index (κ3) is 13.0. The van der Waals surface area contributed by atoms with Crippen molar-refractivity contribution < 1.29 is 50.4 Å². The van der Waals surface area contributed by atoms with E-state index in [2.05, 4.69) is 9.97 Å². The van der Waals surface area contributed by atoms with Crippen molar-refractivity contribution in [3.63, 3.8) is 0 Å². The number of nitrogens with zero attached hydrogens (tertiary/aromatic N) is 8. The molecule has 4 heterocycles. The first-order valence-corrected chi connectivity index (χ1v) is 24.3. The highest BCUT2D eigenvalue weighted by Gasteiger charge is 2.35. The molecule has 8 rings (SSSR count). The highest BCUT2D eigenvalue weighted by atomic mass is 35.5. The molecule has 76 heavy (non-hydrogen) atoms. The van der Waals surface area contributed by atoms with Gasteiger partial charge in [0.2, 0.25) is 0 Å². The fourth-order valence-electron chi connectivity index (χ4n) is 7.60. The molecule has 0 unspecified atom stereocenters. The van der Waals surface area contributed by atoms with E-state index in [-0.39, 0.29) is 98.5 Å². The van der Waals surface area contributed by atoms with E-state index in [1.54, 1.807) is 48.5 Å². The maximum atomic E-state index is 13.5. The first-order chi connectivity index (χ1) is 36.0. The summed E-state index contributed by atoms with van der Waals surface area (Å²) in [4.78, 5) is 61.5. The van der Waals surface area contributed by atoms with E-state index in [9.17, 15) is 45.5 Å². The van der Waals surface area contributed by atoms with E-state index in [4.69, 9.17) is 70.5 Å². The summed E-state index contributed by atoms with van der Waals surface area (Å²) >= 11 is 23.4. The molecule has 0 amide bonds. The third-order valence-electron chi connectivity index (χ3n) is 11.3. The molecule has 4 aromatic heterocycles. The van der Waals surface area contributed by atoms with Crippen LogP contribution in [0.4, 0.5) is 26.3 Å². The van der Waals surface area contributed by atoms with Crippen molar-refractivity contribution in [3.05, 3.63) is 169 Å². The number of benzene rings is 4.